The predicted octanol–water partition coefficient (Wildman–Crippen LogP) is 5.29. The van der Waals surface area contributed by atoms with Crippen LogP contribution in [0.25, 0.3) is 0 Å². The van der Waals surface area contributed by atoms with Gasteiger partial charge >= 0.3 is 5.97 Å². The largest absolute Gasteiger partial charge is 0.460 e. The SMILES string of the molecule is C=C(C)C(=O)OCCOC1CCC(C(C)(C)C2CCCCC2)CC1. The van der Waals surface area contributed by atoms with Crippen LogP contribution in [0.4, 0.5) is 0 Å². The molecule has 0 bridgehead atoms. The Morgan fingerprint density at radius 1 is 0.958 bits per heavy atom. The van der Waals surface area contributed by atoms with Crippen molar-refractivity contribution in [2.24, 2.45) is 17.3 Å². The molecule has 2 aliphatic carbocycles. The van der Waals surface area contributed by atoms with Gasteiger partial charge in [0, 0.05) is 5.57 Å². The van der Waals surface area contributed by atoms with Crippen molar-refractivity contribution >= 4 is 5.97 Å². The zero-order valence-corrected chi connectivity index (χ0v) is 15.9. The Hall–Kier alpha value is -0.830. The molecule has 0 radical (unpaired) electrons. The van der Waals surface area contributed by atoms with Crippen molar-refractivity contribution in [2.75, 3.05) is 13.2 Å². The van der Waals surface area contributed by atoms with Crippen LogP contribution in [-0.4, -0.2) is 25.3 Å². The molecule has 24 heavy (non-hydrogen) atoms. The lowest BCUT2D eigenvalue weighted by molar-refractivity contribution is -0.141. The molecule has 0 heterocycles. The fourth-order valence-electron chi connectivity index (χ4n) is 4.63. The fraction of sp³-hybridized carbons (Fsp3) is 0.857. The Balaban J connectivity index is 1.67. The molecule has 2 rings (SSSR count). The molecule has 0 amide bonds. The van der Waals surface area contributed by atoms with Crippen LogP contribution in [0.1, 0.15) is 78.6 Å². The Bertz CT molecular complexity index is 413. The molecular weight excluding hydrogens is 300 g/mol. The first kappa shape index (κ1) is 19.5. The molecule has 3 heteroatoms. The Labute approximate surface area is 148 Å². The van der Waals surface area contributed by atoms with Gasteiger partial charge in [0.05, 0.1) is 12.7 Å². The lowest BCUT2D eigenvalue weighted by Crippen LogP contribution is -2.37. The van der Waals surface area contributed by atoms with Crippen LogP contribution in [0.2, 0.25) is 0 Å². The average Bonchev–Trinajstić information content (AvgIpc) is 2.59. The van der Waals surface area contributed by atoms with Gasteiger partial charge in [-0.2, -0.15) is 0 Å². The van der Waals surface area contributed by atoms with E-state index < -0.39 is 0 Å². The summed E-state index contributed by atoms with van der Waals surface area (Å²) in [4.78, 5) is 11.3. The van der Waals surface area contributed by atoms with Crippen molar-refractivity contribution in [3.63, 3.8) is 0 Å². The molecule has 2 saturated carbocycles. The summed E-state index contributed by atoms with van der Waals surface area (Å²) < 4.78 is 11.0. The highest BCUT2D eigenvalue weighted by Crippen LogP contribution is 2.48. The summed E-state index contributed by atoms with van der Waals surface area (Å²) >= 11 is 0. The molecule has 0 spiro atoms. The summed E-state index contributed by atoms with van der Waals surface area (Å²) in [5.41, 5.74) is 0.919. The van der Waals surface area contributed by atoms with Crippen molar-refractivity contribution in [3.05, 3.63) is 12.2 Å². The van der Waals surface area contributed by atoms with E-state index in [1.165, 1.54) is 44.9 Å². The molecule has 0 aliphatic heterocycles. The Morgan fingerprint density at radius 3 is 2.12 bits per heavy atom. The maximum Gasteiger partial charge on any atom is 0.333 e. The number of rotatable bonds is 7. The van der Waals surface area contributed by atoms with Crippen LogP contribution in [-0.2, 0) is 14.3 Å². The number of hydrogen-bond donors (Lipinski definition) is 0. The highest BCUT2D eigenvalue weighted by molar-refractivity contribution is 5.86. The predicted molar refractivity (Wildman–Crippen MR) is 97.8 cm³/mol. The number of ether oxygens (including phenoxy) is 2. The van der Waals surface area contributed by atoms with Crippen molar-refractivity contribution in [3.8, 4) is 0 Å². The second-order valence-corrected chi connectivity index (χ2v) is 8.42. The molecule has 0 aromatic heterocycles. The van der Waals surface area contributed by atoms with E-state index in [0.717, 1.165) is 24.7 Å². The maximum absolute atomic E-state index is 11.3. The van der Waals surface area contributed by atoms with E-state index >= 15 is 0 Å². The smallest absolute Gasteiger partial charge is 0.333 e. The third kappa shape index (κ3) is 5.34. The van der Waals surface area contributed by atoms with Gasteiger partial charge in [0.1, 0.15) is 6.61 Å². The summed E-state index contributed by atoms with van der Waals surface area (Å²) in [6, 6.07) is 0. The Morgan fingerprint density at radius 2 is 1.54 bits per heavy atom. The van der Waals surface area contributed by atoms with Crippen molar-refractivity contribution < 1.29 is 14.3 Å². The third-order valence-electron chi connectivity index (χ3n) is 6.40. The van der Waals surface area contributed by atoms with Crippen LogP contribution in [0, 0.1) is 17.3 Å². The number of carbonyl (C=O) groups is 1. The van der Waals surface area contributed by atoms with Gasteiger partial charge in [-0.3, -0.25) is 0 Å². The van der Waals surface area contributed by atoms with E-state index in [4.69, 9.17) is 9.47 Å². The molecule has 0 atom stereocenters. The fourth-order valence-corrected chi connectivity index (χ4v) is 4.63. The van der Waals surface area contributed by atoms with E-state index in [1.54, 1.807) is 6.92 Å². The molecule has 0 aromatic carbocycles. The highest BCUT2D eigenvalue weighted by Gasteiger charge is 2.39. The van der Waals surface area contributed by atoms with Crippen molar-refractivity contribution in [1.82, 2.24) is 0 Å². The van der Waals surface area contributed by atoms with Gasteiger partial charge in [0.25, 0.3) is 0 Å². The summed E-state index contributed by atoms with van der Waals surface area (Å²) in [7, 11) is 0. The summed E-state index contributed by atoms with van der Waals surface area (Å²) in [6.45, 7) is 11.1. The van der Waals surface area contributed by atoms with Crippen LogP contribution in [0.15, 0.2) is 12.2 Å². The molecule has 0 aromatic rings. The topological polar surface area (TPSA) is 35.5 Å². The van der Waals surface area contributed by atoms with Gasteiger partial charge in [0.2, 0.25) is 0 Å². The van der Waals surface area contributed by atoms with E-state index in [-0.39, 0.29) is 5.97 Å². The van der Waals surface area contributed by atoms with Crippen molar-refractivity contribution in [1.29, 1.82) is 0 Å². The molecule has 0 unspecified atom stereocenters. The normalized spacial score (nSPS) is 26.1. The molecule has 0 N–H and O–H groups in total. The summed E-state index contributed by atoms with van der Waals surface area (Å²) in [6.07, 6.45) is 12.3. The molecule has 138 valence electrons. The second kappa shape index (κ2) is 9.03. The first-order valence-electron chi connectivity index (χ1n) is 9.85. The first-order valence-corrected chi connectivity index (χ1v) is 9.85. The molecule has 2 fully saturated rings. The number of carbonyl (C=O) groups excluding carboxylic acids is 1. The Kier molecular flexibility index (Phi) is 7.34. The zero-order chi connectivity index (χ0) is 17.6. The van der Waals surface area contributed by atoms with Gasteiger partial charge in [-0.1, -0.05) is 39.7 Å². The molecule has 2 aliphatic rings. The standard InChI is InChI=1S/C21H36O3/c1-16(2)20(22)24-15-14-23-19-12-10-18(11-13-19)21(3,4)17-8-6-5-7-9-17/h17-19H,1,5-15H2,2-4H3. The summed E-state index contributed by atoms with van der Waals surface area (Å²) in [5, 5.41) is 0. The van der Waals surface area contributed by atoms with Gasteiger partial charge in [-0.05, 0) is 62.7 Å². The maximum atomic E-state index is 11.3. The third-order valence-corrected chi connectivity index (χ3v) is 6.40. The minimum atomic E-state index is -0.323. The van der Waals surface area contributed by atoms with E-state index in [9.17, 15) is 4.79 Å². The molecular formula is C21H36O3. The first-order chi connectivity index (χ1) is 11.4. The minimum absolute atomic E-state index is 0.323. The lowest BCUT2D eigenvalue weighted by Gasteiger charge is -2.45. The second-order valence-electron chi connectivity index (χ2n) is 8.42. The van der Waals surface area contributed by atoms with Gasteiger partial charge in [-0.25, -0.2) is 4.79 Å². The van der Waals surface area contributed by atoms with Crippen LogP contribution >= 0.6 is 0 Å². The van der Waals surface area contributed by atoms with Crippen LogP contribution in [0.3, 0.4) is 0 Å². The van der Waals surface area contributed by atoms with Crippen molar-refractivity contribution in [2.45, 2.75) is 84.7 Å². The number of hydrogen-bond acceptors (Lipinski definition) is 3. The van der Waals surface area contributed by atoms with Gasteiger partial charge in [-0.15, -0.1) is 0 Å². The van der Waals surface area contributed by atoms with E-state index in [0.29, 0.717) is 30.3 Å². The van der Waals surface area contributed by atoms with Crippen LogP contribution < -0.4 is 0 Å². The summed E-state index contributed by atoms with van der Waals surface area (Å²) in [5.74, 6) is 1.42. The zero-order valence-electron chi connectivity index (χ0n) is 15.9. The molecule has 3 nitrogen and oxygen atoms in total. The van der Waals surface area contributed by atoms with Crippen LogP contribution in [0.5, 0.6) is 0 Å². The van der Waals surface area contributed by atoms with E-state index in [1.807, 2.05) is 0 Å². The highest BCUT2D eigenvalue weighted by atomic mass is 16.6. The molecule has 0 saturated heterocycles. The monoisotopic (exact) mass is 336 g/mol. The lowest BCUT2D eigenvalue weighted by atomic mass is 9.61. The van der Waals surface area contributed by atoms with Gasteiger partial charge < -0.3 is 9.47 Å². The quantitative estimate of drug-likeness (QED) is 0.360. The van der Waals surface area contributed by atoms with E-state index in [2.05, 4.69) is 20.4 Å². The number of esters is 1. The minimum Gasteiger partial charge on any atom is -0.460 e. The van der Waals surface area contributed by atoms with Gasteiger partial charge in [0.15, 0.2) is 0 Å². The average molecular weight is 337 g/mol.